The highest BCUT2D eigenvalue weighted by Gasteiger charge is 2.52. The summed E-state index contributed by atoms with van der Waals surface area (Å²) in [5.41, 5.74) is 3.27. The predicted octanol–water partition coefficient (Wildman–Crippen LogP) is 5.52. The molecule has 0 heterocycles. The molecule has 4 saturated carbocycles. The van der Waals surface area contributed by atoms with E-state index in [1.165, 1.54) is 51.2 Å². The second-order valence-electron chi connectivity index (χ2n) is 10.3. The van der Waals surface area contributed by atoms with Gasteiger partial charge in [-0.1, -0.05) is 6.07 Å². The summed E-state index contributed by atoms with van der Waals surface area (Å²) in [5.74, 6) is 3.35. The van der Waals surface area contributed by atoms with Gasteiger partial charge in [0, 0.05) is 11.1 Å². The first-order chi connectivity index (χ1) is 15.9. The second-order valence-corrected chi connectivity index (χ2v) is 10.3. The van der Waals surface area contributed by atoms with Gasteiger partial charge in [-0.05, 0) is 105 Å². The monoisotopic (exact) mass is 448 g/mol. The van der Waals surface area contributed by atoms with Crippen molar-refractivity contribution in [3.8, 4) is 11.5 Å². The quantitative estimate of drug-likeness (QED) is 0.412. The van der Waals surface area contributed by atoms with E-state index in [1.807, 2.05) is 19.1 Å². The number of carbonyl (C=O) groups is 2. The zero-order valence-corrected chi connectivity index (χ0v) is 19.7. The number of ether oxygens (including phenoxy) is 3. The van der Waals surface area contributed by atoms with E-state index < -0.39 is 5.97 Å². The molecule has 5 heteroatoms. The molecule has 2 aromatic carbocycles. The molecule has 0 N–H and O–H groups in total. The highest BCUT2D eigenvalue weighted by Crippen LogP contribution is 2.61. The molecule has 0 radical (unpaired) electrons. The largest absolute Gasteiger partial charge is 0.496 e. The van der Waals surface area contributed by atoms with Crippen molar-refractivity contribution in [2.75, 3.05) is 20.8 Å². The van der Waals surface area contributed by atoms with Gasteiger partial charge in [-0.25, -0.2) is 4.79 Å². The lowest BCUT2D eigenvalue weighted by Gasteiger charge is -2.57. The lowest BCUT2D eigenvalue weighted by atomic mass is 9.48. The Labute approximate surface area is 195 Å². The van der Waals surface area contributed by atoms with Crippen molar-refractivity contribution < 1.29 is 23.8 Å². The third kappa shape index (κ3) is 4.03. The fourth-order valence-electron chi connectivity index (χ4n) is 6.96. The molecular weight excluding hydrogens is 416 g/mol. The number of ketones is 1. The Hall–Kier alpha value is -2.82. The Kier molecular flexibility index (Phi) is 5.67. The minimum Gasteiger partial charge on any atom is -0.496 e. The summed E-state index contributed by atoms with van der Waals surface area (Å²) >= 11 is 0. The van der Waals surface area contributed by atoms with E-state index in [4.69, 9.17) is 14.2 Å². The standard InChI is InChI=1S/C28H32O5/c1-17-4-5-22(27(30)32-3)12-26(17)33-16-24(29)21-6-7-25(31-2)23(11-21)28-13-18-8-19(14-28)10-20(9-18)15-28/h4-7,11-12,18-20H,8-10,13-16H2,1-3H3. The summed E-state index contributed by atoms with van der Waals surface area (Å²) in [5, 5.41) is 0. The van der Waals surface area contributed by atoms with Gasteiger partial charge in [-0.2, -0.15) is 0 Å². The molecule has 5 nitrogen and oxygen atoms in total. The van der Waals surface area contributed by atoms with Gasteiger partial charge in [0.05, 0.1) is 19.8 Å². The fraction of sp³-hybridized carbons (Fsp3) is 0.500. The zero-order chi connectivity index (χ0) is 23.2. The van der Waals surface area contributed by atoms with Gasteiger partial charge in [-0.3, -0.25) is 4.79 Å². The summed E-state index contributed by atoms with van der Waals surface area (Å²) in [4.78, 5) is 25.0. The Morgan fingerprint density at radius 1 is 0.879 bits per heavy atom. The number of carbonyl (C=O) groups excluding carboxylic acids is 2. The minimum absolute atomic E-state index is 0.0773. The normalized spacial score (nSPS) is 27.3. The SMILES string of the molecule is COC(=O)c1ccc(C)c(OCC(=O)c2ccc(OC)c(C34CC5CC(CC(C5)C3)C4)c2)c1. The summed E-state index contributed by atoms with van der Waals surface area (Å²) in [6.07, 6.45) is 7.75. The van der Waals surface area contributed by atoms with Crippen molar-refractivity contribution >= 4 is 11.8 Å². The first kappa shape index (κ1) is 22.0. The maximum absolute atomic E-state index is 13.1. The smallest absolute Gasteiger partial charge is 0.337 e. The third-order valence-electron chi connectivity index (χ3n) is 8.10. The average Bonchev–Trinajstić information content (AvgIpc) is 2.81. The Morgan fingerprint density at radius 3 is 2.12 bits per heavy atom. The van der Waals surface area contributed by atoms with Crippen LogP contribution in [0.15, 0.2) is 36.4 Å². The topological polar surface area (TPSA) is 61.8 Å². The van der Waals surface area contributed by atoms with E-state index >= 15 is 0 Å². The Bertz CT molecular complexity index is 1050. The van der Waals surface area contributed by atoms with Crippen LogP contribution in [0.4, 0.5) is 0 Å². The lowest BCUT2D eigenvalue weighted by Crippen LogP contribution is -2.48. The number of aryl methyl sites for hydroxylation is 1. The first-order valence-corrected chi connectivity index (χ1v) is 11.9. The molecule has 4 aliphatic carbocycles. The van der Waals surface area contributed by atoms with Gasteiger partial charge in [0.1, 0.15) is 11.5 Å². The third-order valence-corrected chi connectivity index (χ3v) is 8.10. The highest BCUT2D eigenvalue weighted by molar-refractivity contribution is 5.97. The number of benzene rings is 2. The molecule has 33 heavy (non-hydrogen) atoms. The zero-order valence-electron chi connectivity index (χ0n) is 19.7. The number of rotatable bonds is 7. The molecule has 4 aliphatic rings. The number of hydrogen-bond acceptors (Lipinski definition) is 5. The molecular formula is C28H32O5. The molecule has 0 spiro atoms. The number of hydrogen-bond donors (Lipinski definition) is 0. The van der Waals surface area contributed by atoms with Crippen molar-refractivity contribution in [3.05, 3.63) is 58.7 Å². The van der Waals surface area contributed by atoms with E-state index in [2.05, 4.69) is 6.07 Å². The summed E-state index contributed by atoms with van der Waals surface area (Å²) in [6, 6.07) is 11.0. The van der Waals surface area contributed by atoms with Crippen LogP contribution >= 0.6 is 0 Å². The van der Waals surface area contributed by atoms with Gasteiger partial charge in [0.25, 0.3) is 0 Å². The number of Topliss-reactive ketones (excluding diaryl/α,β-unsaturated/α-hetero) is 1. The molecule has 0 amide bonds. The van der Waals surface area contributed by atoms with Gasteiger partial charge in [0.15, 0.2) is 12.4 Å². The molecule has 0 atom stereocenters. The van der Waals surface area contributed by atoms with Crippen molar-refractivity contribution in [2.24, 2.45) is 17.8 Å². The van der Waals surface area contributed by atoms with Crippen molar-refractivity contribution in [2.45, 2.75) is 50.9 Å². The van der Waals surface area contributed by atoms with Crippen LogP contribution in [-0.4, -0.2) is 32.6 Å². The summed E-state index contributed by atoms with van der Waals surface area (Å²) in [6.45, 7) is 1.80. The maximum atomic E-state index is 13.1. The van der Waals surface area contributed by atoms with E-state index in [-0.39, 0.29) is 17.8 Å². The molecule has 0 aliphatic heterocycles. The van der Waals surface area contributed by atoms with Crippen LogP contribution in [0.1, 0.15) is 70.4 Å². The highest BCUT2D eigenvalue weighted by atomic mass is 16.5. The van der Waals surface area contributed by atoms with E-state index in [0.717, 1.165) is 29.1 Å². The number of methoxy groups -OCH3 is 2. The molecule has 0 unspecified atom stereocenters. The van der Waals surface area contributed by atoms with Crippen LogP contribution in [0.25, 0.3) is 0 Å². The average molecular weight is 449 g/mol. The van der Waals surface area contributed by atoms with E-state index in [0.29, 0.717) is 16.9 Å². The van der Waals surface area contributed by atoms with Crippen LogP contribution in [0.5, 0.6) is 11.5 Å². The second kappa shape index (κ2) is 8.51. The molecule has 174 valence electrons. The Balaban J connectivity index is 1.38. The van der Waals surface area contributed by atoms with Crippen molar-refractivity contribution in [1.29, 1.82) is 0 Å². The minimum atomic E-state index is -0.429. The van der Waals surface area contributed by atoms with Crippen LogP contribution < -0.4 is 9.47 Å². The molecule has 4 bridgehead atoms. The molecule has 0 aromatic heterocycles. The van der Waals surface area contributed by atoms with Crippen LogP contribution in [0, 0.1) is 24.7 Å². The maximum Gasteiger partial charge on any atom is 0.337 e. The van der Waals surface area contributed by atoms with Gasteiger partial charge >= 0.3 is 5.97 Å². The summed E-state index contributed by atoms with van der Waals surface area (Å²) < 4.78 is 16.4. The molecule has 2 aromatic rings. The first-order valence-electron chi connectivity index (χ1n) is 11.9. The van der Waals surface area contributed by atoms with Crippen LogP contribution in [-0.2, 0) is 10.2 Å². The summed E-state index contributed by atoms with van der Waals surface area (Å²) in [7, 11) is 3.07. The van der Waals surface area contributed by atoms with Gasteiger partial charge < -0.3 is 14.2 Å². The predicted molar refractivity (Wildman–Crippen MR) is 125 cm³/mol. The van der Waals surface area contributed by atoms with Crippen molar-refractivity contribution in [1.82, 2.24) is 0 Å². The van der Waals surface area contributed by atoms with E-state index in [1.54, 1.807) is 25.3 Å². The lowest BCUT2D eigenvalue weighted by molar-refractivity contribution is -0.00617. The Morgan fingerprint density at radius 2 is 1.52 bits per heavy atom. The van der Waals surface area contributed by atoms with E-state index in [9.17, 15) is 9.59 Å². The molecule has 4 fully saturated rings. The van der Waals surface area contributed by atoms with Crippen molar-refractivity contribution in [3.63, 3.8) is 0 Å². The molecule has 0 saturated heterocycles. The number of esters is 1. The van der Waals surface area contributed by atoms with Crippen LogP contribution in [0.3, 0.4) is 0 Å². The van der Waals surface area contributed by atoms with Gasteiger partial charge in [0.2, 0.25) is 0 Å². The van der Waals surface area contributed by atoms with Crippen LogP contribution in [0.2, 0.25) is 0 Å². The fourth-order valence-corrected chi connectivity index (χ4v) is 6.96. The molecule has 6 rings (SSSR count). The van der Waals surface area contributed by atoms with Gasteiger partial charge in [-0.15, -0.1) is 0 Å².